The molecule has 3 N–H and O–H groups in total. The Morgan fingerprint density at radius 1 is 1.57 bits per heavy atom. The number of anilines is 1. The molecule has 0 fully saturated rings. The number of carbonyl (C=O) groups excluding carboxylic acids is 1. The second kappa shape index (κ2) is 6.51. The number of aryl methyl sites for hydroxylation is 1. The Kier molecular flexibility index (Phi) is 4.44. The molecule has 1 atom stereocenters. The van der Waals surface area contributed by atoms with Gasteiger partial charge in [-0.2, -0.15) is 4.98 Å². The van der Waals surface area contributed by atoms with Gasteiger partial charge in [0.05, 0.1) is 11.1 Å². The van der Waals surface area contributed by atoms with Crippen LogP contribution in [-0.2, 0) is 6.54 Å². The first kappa shape index (κ1) is 15.7. The molecule has 7 nitrogen and oxygen atoms in total. The van der Waals surface area contributed by atoms with Crippen LogP contribution in [0.2, 0.25) is 5.02 Å². The fourth-order valence-electron chi connectivity index (χ4n) is 2.26. The van der Waals surface area contributed by atoms with Crippen molar-refractivity contribution in [2.75, 3.05) is 18.4 Å². The van der Waals surface area contributed by atoms with Crippen molar-refractivity contribution in [1.82, 2.24) is 20.1 Å². The normalized spacial score (nSPS) is 14.7. The summed E-state index contributed by atoms with van der Waals surface area (Å²) in [6.07, 6.45) is -0.140. The molecule has 1 aliphatic rings. The van der Waals surface area contributed by atoms with Crippen molar-refractivity contribution in [3.63, 3.8) is 0 Å². The number of benzene rings is 1. The maximum absolute atomic E-state index is 13.4. The number of hydrogen-bond acceptors (Lipinski definition) is 5. The van der Waals surface area contributed by atoms with E-state index in [1.807, 2.05) is 0 Å². The maximum Gasteiger partial charge on any atom is 0.291 e. The predicted octanol–water partition coefficient (Wildman–Crippen LogP) is 1.35. The zero-order valence-electron chi connectivity index (χ0n) is 12.1. The maximum atomic E-state index is 13.4. The second-order valence-corrected chi connectivity index (χ2v) is 5.57. The van der Waals surface area contributed by atoms with Gasteiger partial charge in [0.1, 0.15) is 5.82 Å². The lowest BCUT2D eigenvalue weighted by Gasteiger charge is -2.12. The first-order chi connectivity index (χ1) is 11.0. The van der Waals surface area contributed by atoms with Crippen LogP contribution in [0.3, 0.4) is 0 Å². The third kappa shape index (κ3) is 3.43. The van der Waals surface area contributed by atoms with Crippen LogP contribution in [0.5, 0.6) is 0 Å². The van der Waals surface area contributed by atoms with E-state index in [0.717, 1.165) is 19.0 Å². The SMILES string of the molecule is O=C(NCC(O)c1ccc(Cl)c(F)c1)c1nc2n(n1)CCCN2. The Bertz CT molecular complexity index is 712. The number of nitrogens with one attached hydrogen (secondary N) is 2. The Morgan fingerprint density at radius 2 is 2.39 bits per heavy atom. The Hall–Kier alpha value is -2.19. The summed E-state index contributed by atoms with van der Waals surface area (Å²) in [5.74, 6) is -0.531. The van der Waals surface area contributed by atoms with Crippen LogP contribution < -0.4 is 10.6 Å². The molecule has 0 spiro atoms. The van der Waals surface area contributed by atoms with Crippen molar-refractivity contribution in [2.24, 2.45) is 0 Å². The molecule has 1 amide bonds. The quantitative estimate of drug-likeness (QED) is 0.782. The average Bonchev–Trinajstić information content (AvgIpc) is 2.99. The van der Waals surface area contributed by atoms with Crippen LogP contribution in [0.15, 0.2) is 18.2 Å². The molecule has 0 saturated carbocycles. The minimum absolute atomic E-state index is 0.0229. The van der Waals surface area contributed by atoms with Gasteiger partial charge >= 0.3 is 0 Å². The van der Waals surface area contributed by atoms with Crippen molar-refractivity contribution in [3.05, 3.63) is 40.4 Å². The van der Waals surface area contributed by atoms with E-state index >= 15 is 0 Å². The number of halogens is 2. The molecule has 0 saturated heterocycles. The lowest BCUT2D eigenvalue weighted by Crippen LogP contribution is -2.29. The average molecular weight is 340 g/mol. The van der Waals surface area contributed by atoms with E-state index in [2.05, 4.69) is 20.7 Å². The monoisotopic (exact) mass is 339 g/mol. The molecule has 0 radical (unpaired) electrons. The molecule has 3 rings (SSSR count). The second-order valence-electron chi connectivity index (χ2n) is 5.16. The van der Waals surface area contributed by atoms with Gasteiger partial charge in [0.25, 0.3) is 5.91 Å². The summed E-state index contributed by atoms with van der Waals surface area (Å²) in [4.78, 5) is 16.1. The van der Waals surface area contributed by atoms with Crippen molar-refractivity contribution in [2.45, 2.75) is 19.1 Å². The number of carbonyl (C=O) groups is 1. The van der Waals surface area contributed by atoms with Crippen molar-refractivity contribution in [3.8, 4) is 0 Å². The minimum atomic E-state index is -1.05. The number of aromatic nitrogens is 3. The fourth-order valence-corrected chi connectivity index (χ4v) is 2.38. The van der Waals surface area contributed by atoms with Gasteiger partial charge in [0.15, 0.2) is 0 Å². The zero-order valence-corrected chi connectivity index (χ0v) is 12.8. The highest BCUT2D eigenvalue weighted by Gasteiger charge is 2.19. The predicted molar refractivity (Wildman–Crippen MR) is 81.8 cm³/mol. The lowest BCUT2D eigenvalue weighted by molar-refractivity contribution is 0.0905. The van der Waals surface area contributed by atoms with E-state index in [1.54, 1.807) is 4.68 Å². The summed E-state index contributed by atoms with van der Waals surface area (Å²) in [6, 6.07) is 3.99. The highest BCUT2D eigenvalue weighted by atomic mass is 35.5. The summed E-state index contributed by atoms with van der Waals surface area (Å²) >= 11 is 5.59. The number of aliphatic hydroxyl groups excluding tert-OH is 1. The van der Waals surface area contributed by atoms with Gasteiger partial charge in [-0.15, -0.1) is 5.10 Å². The van der Waals surface area contributed by atoms with E-state index in [1.165, 1.54) is 12.1 Å². The molecular formula is C14H15ClFN5O2. The molecule has 1 unspecified atom stereocenters. The summed E-state index contributed by atoms with van der Waals surface area (Å²) in [6.45, 7) is 1.41. The number of fused-ring (bicyclic) bond motifs is 1. The Balaban J connectivity index is 1.61. The van der Waals surface area contributed by atoms with E-state index in [-0.39, 0.29) is 17.4 Å². The Labute approximate surface area is 136 Å². The van der Waals surface area contributed by atoms with Crippen LogP contribution in [0.1, 0.15) is 28.7 Å². The summed E-state index contributed by atoms with van der Waals surface area (Å²) in [7, 11) is 0. The molecule has 2 aromatic rings. The van der Waals surface area contributed by atoms with Gasteiger partial charge in [0.2, 0.25) is 11.8 Å². The summed E-state index contributed by atoms with van der Waals surface area (Å²) in [5.41, 5.74) is 0.325. The fraction of sp³-hybridized carbons (Fsp3) is 0.357. The molecule has 1 aromatic heterocycles. The van der Waals surface area contributed by atoms with Gasteiger partial charge in [-0.3, -0.25) is 4.79 Å². The van der Waals surface area contributed by atoms with Gasteiger partial charge in [0, 0.05) is 19.6 Å². The number of amides is 1. The van der Waals surface area contributed by atoms with Crippen molar-refractivity contribution < 1.29 is 14.3 Å². The first-order valence-corrected chi connectivity index (χ1v) is 7.52. The topological polar surface area (TPSA) is 92.1 Å². The molecule has 0 aliphatic carbocycles. The lowest BCUT2D eigenvalue weighted by atomic mass is 10.1. The van der Waals surface area contributed by atoms with E-state index in [9.17, 15) is 14.3 Å². The van der Waals surface area contributed by atoms with Crippen molar-refractivity contribution in [1.29, 1.82) is 0 Å². The molecular weight excluding hydrogens is 325 g/mol. The number of rotatable bonds is 4. The largest absolute Gasteiger partial charge is 0.387 e. The number of nitrogens with zero attached hydrogens (tertiary/aromatic N) is 3. The third-order valence-corrected chi connectivity index (χ3v) is 3.80. The van der Waals surface area contributed by atoms with Crippen LogP contribution in [0, 0.1) is 5.82 Å². The van der Waals surface area contributed by atoms with Gasteiger partial charge in [-0.05, 0) is 24.1 Å². The summed E-state index contributed by atoms with van der Waals surface area (Å²) < 4.78 is 15.0. The standard InChI is InChI=1S/C14H15ClFN5O2/c15-9-3-2-8(6-10(9)16)11(22)7-18-13(23)12-19-14-17-4-1-5-21(14)20-12/h2-3,6,11,22H,1,4-5,7H2,(H,18,23)(H,17,19,20). The highest BCUT2D eigenvalue weighted by molar-refractivity contribution is 6.30. The zero-order chi connectivity index (χ0) is 16.4. The highest BCUT2D eigenvalue weighted by Crippen LogP contribution is 2.20. The van der Waals surface area contributed by atoms with Gasteiger partial charge in [-0.25, -0.2) is 9.07 Å². The molecule has 1 aliphatic heterocycles. The molecule has 2 heterocycles. The number of hydrogen-bond donors (Lipinski definition) is 3. The van der Waals surface area contributed by atoms with Crippen molar-refractivity contribution >= 4 is 23.5 Å². The first-order valence-electron chi connectivity index (χ1n) is 7.14. The molecule has 1 aromatic carbocycles. The molecule has 23 heavy (non-hydrogen) atoms. The van der Waals surface area contributed by atoms with Crippen LogP contribution >= 0.6 is 11.6 Å². The minimum Gasteiger partial charge on any atom is -0.387 e. The van der Waals surface area contributed by atoms with Crippen LogP contribution in [-0.4, -0.2) is 38.9 Å². The third-order valence-electron chi connectivity index (χ3n) is 3.49. The van der Waals surface area contributed by atoms with Crippen LogP contribution in [0.25, 0.3) is 0 Å². The van der Waals surface area contributed by atoms with E-state index in [4.69, 9.17) is 11.6 Å². The van der Waals surface area contributed by atoms with Gasteiger partial charge in [-0.1, -0.05) is 17.7 Å². The van der Waals surface area contributed by atoms with Gasteiger partial charge < -0.3 is 15.7 Å². The smallest absolute Gasteiger partial charge is 0.291 e. The Morgan fingerprint density at radius 3 is 3.13 bits per heavy atom. The van der Waals surface area contributed by atoms with Crippen LogP contribution in [0.4, 0.5) is 10.3 Å². The summed E-state index contributed by atoms with van der Waals surface area (Å²) in [5, 5.41) is 19.7. The van der Waals surface area contributed by atoms with E-state index < -0.39 is 17.8 Å². The molecule has 9 heteroatoms. The number of aliphatic hydroxyl groups is 1. The molecule has 0 bridgehead atoms. The molecule has 122 valence electrons. The van der Waals surface area contributed by atoms with E-state index in [0.29, 0.717) is 18.1 Å².